The summed E-state index contributed by atoms with van der Waals surface area (Å²) in [5, 5.41) is 2.69. The summed E-state index contributed by atoms with van der Waals surface area (Å²) in [5.74, 6) is -2.84. The zero-order chi connectivity index (χ0) is 21.1. The number of carbonyl (C=O) groups excluding carboxylic acids is 3. The minimum Gasteiger partial charge on any atom is -0.296 e. The topological polar surface area (TPSA) is 79.4 Å². The molecule has 1 saturated heterocycles. The Balaban J connectivity index is 1.95. The van der Waals surface area contributed by atoms with Gasteiger partial charge in [-0.2, -0.15) is 4.39 Å². The number of nitrogens with zero attached hydrogens (tertiary/aromatic N) is 2. The Hall–Kier alpha value is -3.32. The molecule has 2 heterocycles. The number of rotatable bonds is 5. The van der Waals surface area contributed by atoms with Crippen molar-refractivity contribution in [1.29, 1.82) is 0 Å². The molecule has 0 radical (unpaired) electrons. The van der Waals surface area contributed by atoms with Gasteiger partial charge in [0.25, 0.3) is 5.91 Å². The predicted molar refractivity (Wildman–Crippen MR) is 108 cm³/mol. The van der Waals surface area contributed by atoms with Crippen LogP contribution in [-0.4, -0.2) is 22.7 Å². The molecule has 1 unspecified atom stereocenters. The van der Waals surface area contributed by atoms with E-state index in [0.717, 1.165) is 6.08 Å². The maximum atomic E-state index is 13.6. The molecule has 1 aliphatic heterocycles. The van der Waals surface area contributed by atoms with Crippen molar-refractivity contribution in [2.24, 2.45) is 0 Å². The summed E-state index contributed by atoms with van der Waals surface area (Å²) in [6, 6.07) is 8.34. The molecule has 1 atom stereocenters. The summed E-state index contributed by atoms with van der Waals surface area (Å²) < 4.78 is 13.6. The van der Waals surface area contributed by atoms with Crippen molar-refractivity contribution in [2.75, 3.05) is 4.90 Å². The van der Waals surface area contributed by atoms with Crippen LogP contribution in [0.5, 0.6) is 0 Å². The van der Waals surface area contributed by atoms with Crippen LogP contribution >= 0.6 is 11.6 Å². The number of anilines is 1. The lowest BCUT2D eigenvalue weighted by molar-refractivity contribution is -0.134. The van der Waals surface area contributed by atoms with E-state index in [1.165, 1.54) is 12.3 Å². The molecule has 2 aromatic rings. The highest BCUT2D eigenvalue weighted by atomic mass is 35.5. The Morgan fingerprint density at radius 1 is 1.31 bits per heavy atom. The van der Waals surface area contributed by atoms with E-state index in [1.807, 2.05) is 0 Å². The molecule has 1 N–H and O–H groups in total. The van der Waals surface area contributed by atoms with Crippen molar-refractivity contribution in [3.05, 3.63) is 72.3 Å². The van der Waals surface area contributed by atoms with Gasteiger partial charge in [-0.15, -0.1) is 0 Å². The van der Waals surface area contributed by atoms with Gasteiger partial charge in [0.15, 0.2) is 5.95 Å². The van der Waals surface area contributed by atoms with E-state index in [9.17, 15) is 18.8 Å². The summed E-state index contributed by atoms with van der Waals surface area (Å²) in [6.45, 7) is 6.47. The molecule has 1 aliphatic rings. The first-order valence-corrected chi connectivity index (χ1v) is 9.10. The molecular weight excluding hydrogens is 397 g/mol. The summed E-state index contributed by atoms with van der Waals surface area (Å²) in [4.78, 5) is 40.2. The number of carbonyl (C=O) groups is 3. The van der Waals surface area contributed by atoms with Crippen LogP contribution in [0.15, 0.2) is 61.7 Å². The molecule has 6 nitrogen and oxygen atoms in total. The van der Waals surface area contributed by atoms with Crippen molar-refractivity contribution in [3.63, 3.8) is 0 Å². The van der Waals surface area contributed by atoms with Crippen LogP contribution in [-0.2, 0) is 14.4 Å². The zero-order valence-corrected chi connectivity index (χ0v) is 16.1. The van der Waals surface area contributed by atoms with Gasteiger partial charge >= 0.3 is 0 Å². The molecule has 1 aromatic carbocycles. The second kappa shape index (κ2) is 8.36. The molecule has 8 heteroatoms. The van der Waals surface area contributed by atoms with E-state index in [2.05, 4.69) is 23.5 Å². The highest BCUT2D eigenvalue weighted by Gasteiger charge is 2.30. The van der Waals surface area contributed by atoms with Gasteiger partial charge in [-0.1, -0.05) is 36.4 Å². The first-order chi connectivity index (χ1) is 13.8. The minimum absolute atomic E-state index is 0.0450. The number of piperidine rings is 1. The van der Waals surface area contributed by atoms with Crippen molar-refractivity contribution in [3.8, 4) is 11.1 Å². The lowest BCUT2D eigenvalue weighted by Gasteiger charge is -2.23. The molecule has 0 spiro atoms. The number of imide groups is 1. The quantitative estimate of drug-likeness (QED) is 0.458. The fourth-order valence-corrected chi connectivity index (χ4v) is 3.52. The van der Waals surface area contributed by atoms with E-state index < -0.39 is 17.8 Å². The van der Waals surface area contributed by atoms with Gasteiger partial charge in [-0.25, -0.2) is 9.88 Å². The highest BCUT2D eigenvalue weighted by molar-refractivity contribution is 6.34. The number of pyridine rings is 1. The van der Waals surface area contributed by atoms with Crippen molar-refractivity contribution in [2.45, 2.75) is 18.8 Å². The van der Waals surface area contributed by atoms with Gasteiger partial charge in [-0.3, -0.25) is 19.7 Å². The Kier molecular flexibility index (Phi) is 5.89. The van der Waals surface area contributed by atoms with Crippen LogP contribution in [0.2, 0.25) is 5.02 Å². The van der Waals surface area contributed by atoms with Crippen LogP contribution in [0.1, 0.15) is 24.3 Å². The lowest BCUT2D eigenvalue weighted by Crippen LogP contribution is -2.39. The molecule has 3 rings (SSSR count). The maximum Gasteiger partial charge on any atom is 0.257 e. The lowest BCUT2D eigenvalue weighted by atomic mass is 9.88. The summed E-state index contributed by atoms with van der Waals surface area (Å²) in [5.41, 5.74) is 1.84. The standard InChI is InChI=1S/C21H17ClFN3O3/c1-3-19(28)26(12(2)23)17-9-7-13(11-24-17)14-5-4-6-15(20(14)22)16-8-10-18(27)25-21(16)29/h3-7,9,11,16H,1-2,8,10H2,(H,25,27,29). The molecule has 3 amide bonds. The highest BCUT2D eigenvalue weighted by Crippen LogP contribution is 2.37. The number of amides is 3. The maximum absolute atomic E-state index is 13.6. The summed E-state index contributed by atoms with van der Waals surface area (Å²) in [6.07, 6.45) is 3.02. The molecule has 0 saturated carbocycles. The fourth-order valence-electron chi connectivity index (χ4n) is 3.16. The Labute approximate surface area is 171 Å². The van der Waals surface area contributed by atoms with E-state index in [4.69, 9.17) is 11.6 Å². The predicted octanol–water partition coefficient (Wildman–Crippen LogP) is 3.88. The average molecular weight is 414 g/mol. The molecule has 1 fully saturated rings. The fraction of sp³-hybridized carbons (Fsp3) is 0.143. The van der Waals surface area contributed by atoms with E-state index in [-0.39, 0.29) is 24.1 Å². The van der Waals surface area contributed by atoms with Crippen LogP contribution in [0.3, 0.4) is 0 Å². The number of aromatic nitrogens is 1. The van der Waals surface area contributed by atoms with E-state index >= 15 is 0 Å². The summed E-state index contributed by atoms with van der Waals surface area (Å²) in [7, 11) is 0. The molecule has 0 aliphatic carbocycles. The molecule has 1 aromatic heterocycles. The van der Waals surface area contributed by atoms with Crippen LogP contribution < -0.4 is 10.2 Å². The van der Waals surface area contributed by atoms with Gasteiger partial charge < -0.3 is 0 Å². The van der Waals surface area contributed by atoms with Gasteiger partial charge in [0, 0.05) is 23.7 Å². The SMILES string of the molecule is C=CC(=O)N(C(=C)F)c1ccc(-c2cccc(C3CCC(=O)NC3=O)c2Cl)cn1. The average Bonchev–Trinajstić information content (AvgIpc) is 2.69. The van der Waals surface area contributed by atoms with Crippen molar-refractivity contribution in [1.82, 2.24) is 10.3 Å². The second-order valence-corrected chi connectivity index (χ2v) is 6.75. The van der Waals surface area contributed by atoms with Crippen LogP contribution in [0.4, 0.5) is 10.2 Å². The molecule has 148 valence electrons. The third-order valence-electron chi connectivity index (χ3n) is 4.57. The normalized spacial score (nSPS) is 16.1. The van der Waals surface area contributed by atoms with Gasteiger partial charge in [-0.05, 0) is 36.8 Å². The Morgan fingerprint density at radius 2 is 2.07 bits per heavy atom. The zero-order valence-electron chi connectivity index (χ0n) is 15.3. The number of hydrogen-bond acceptors (Lipinski definition) is 4. The van der Waals surface area contributed by atoms with E-state index in [1.54, 1.807) is 24.3 Å². The Bertz CT molecular complexity index is 1020. The first-order valence-electron chi connectivity index (χ1n) is 8.73. The number of hydrogen-bond donors (Lipinski definition) is 1. The van der Waals surface area contributed by atoms with Crippen molar-refractivity contribution >= 4 is 35.1 Å². The molecule has 29 heavy (non-hydrogen) atoms. The largest absolute Gasteiger partial charge is 0.296 e. The molecular formula is C21H17ClFN3O3. The van der Waals surface area contributed by atoms with Crippen LogP contribution in [0, 0.1) is 0 Å². The number of halogens is 2. The third kappa shape index (κ3) is 4.09. The van der Waals surface area contributed by atoms with Crippen LogP contribution in [0.25, 0.3) is 11.1 Å². The number of benzene rings is 1. The second-order valence-electron chi connectivity index (χ2n) is 6.37. The van der Waals surface area contributed by atoms with Gasteiger partial charge in [0.2, 0.25) is 11.8 Å². The third-order valence-corrected chi connectivity index (χ3v) is 4.99. The van der Waals surface area contributed by atoms with Gasteiger partial charge in [0.05, 0.1) is 10.9 Å². The number of nitrogens with one attached hydrogen (secondary N) is 1. The van der Waals surface area contributed by atoms with Gasteiger partial charge in [0.1, 0.15) is 5.82 Å². The first kappa shape index (κ1) is 20.4. The summed E-state index contributed by atoms with van der Waals surface area (Å²) >= 11 is 6.56. The van der Waals surface area contributed by atoms with Crippen molar-refractivity contribution < 1.29 is 18.8 Å². The minimum atomic E-state index is -0.979. The monoisotopic (exact) mass is 413 g/mol. The smallest absolute Gasteiger partial charge is 0.257 e. The van der Waals surface area contributed by atoms with E-state index in [0.29, 0.717) is 33.0 Å². The Morgan fingerprint density at radius 3 is 2.66 bits per heavy atom. The molecule has 0 bridgehead atoms.